The van der Waals surface area contributed by atoms with Gasteiger partial charge in [0.1, 0.15) is 12.1 Å². The molecule has 3 nitrogen and oxygen atoms in total. The molecule has 0 amide bonds. The number of nitrogens with zero attached hydrogens (tertiary/aromatic N) is 3. The molecule has 0 N–H and O–H groups in total. The predicted octanol–water partition coefficient (Wildman–Crippen LogP) is 10.1. The van der Waals surface area contributed by atoms with Crippen LogP contribution in [0, 0.1) is 0 Å². The monoisotopic (exact) mass is 523 g/mol. The summed E-state index contributed by atoms with van der Waals surface area (Å²) in [5, 5.41) is 1.08. The van der Waals surface area contributed by atoms with Gasteiger partial charge in [-0.25, -0.2) is 9.97 Å². The van der Waals surface area contributed by atoms with Gasteiger partial charge in [-0.2, -0.15) is 0 Å². The lowest BCUT2D eigenvalue weighted by Crippen LogP contribution is -2.16. The molecule has 1 aliphatic heterocycles. The minimum Gasteiger partial charge on any atom is -0.294 e. The van der Waals surface area contributed by atoms with Crippen molar-refractivity contribution in [3.05, 3.63) is 152 Å². The number of aromatic nitrogens is 2. The van der Waals surface area contributed by atoms with E-state index < -0.39 is 0 Å². The summed E-state index contributed by atoms with van der Waals surface area (Å²) >= 11 is 0. The van der Waals surface area contributed by atoms with Crippen LogP contribution in [-0.2, 0) is 0 Å². The highest BCUT2D eigenvalue weighted by Crippen LogP contribution is 2.50. The van der Waals surface area contributed by atoms with Gasteiger partial charge in [-0.1, -0.05) is 115 Å². The summed E-state index contributed by atoms with van der Waals surface area (Å²) in [6, 6.07) is 51.6. The van der Waals surface area contributed by atoms with Crippen LogP contribution in [0.15, 0.2) is 152 Å². The molecular formula is C38H25N3. The summed E-state index contributed by atoms with van der Waals surface area (Å²) in [4.78, 5) is 11.8. The van der Waals surface area contributed by atoms with E-state index in [1.54, 1.807) is 6.33 Å². The van der Waals surface area contributed by atoms with Gasteiger partial charge in [-0.05, 0) is 69.3 Å². The molecule has 0 fully saturated rings. The van der Waals surface area contributed by atoms with Crippen LogP contribution in [-0.4, -0.2) is 9.97 Å². The Morgan fingerprint density at radius 3 is 1.61 bits per heavy atom. The number of hydrogen-bond donors (Lipinski definition) is 0. The maximum Gasteiger partial charge on any atom is 0.149 e. The van der Waals surface area contributed by atoms with Crippen molar-refractivity contribution in [2.75, 3.05) is 4.90 Å². The third kappa shape index (κ3) is 3.98. The molecule has 0 bridgehead atoms. The molecule has 0 radical (unpaired) electrons. The number of hydrogen-bond acceptors (Lipinski definition) is 3. The zero-order valence-electron chi connectivity index (χ0n) is 22.3. The van der Waals surface area contributed by atoms with Crippen molar-refractivity contribution >= 4 is 28.1 Å². The van der Waals surface area contributed by atoms with E-state index in [4.69, 9.17) is 9.97 Å². The number of anilines is 3. The molecule has 0 aliphatic carbocycles. The van der Waals surface area contributed by atoms with Crippen molar-refractivity contribution in [2.24, 2.45) is 0 Å². The van der Waals surface area contributed by atoms with E-state index in [1.807, 2.05) is 12.1 Å². The van der Waals surface area contributed by atoms with E-state index in [-0.39, 0.29) is 0 Å². The zero-order valence-corrected chi connectivity index (χ0v) is 22.3. The van der Waals surface area contributed by atoms with Crippen molar-refractivity contribution in [1.82, 2.24) is 9.97 Å². The van der Waals surface area contributed by atoms with E-state index in [9.17, 15) is 0 Å². The molecule has 192 valence electrons. The third-order valence-electron chi connectivity index (χ3n) is 7.92. The van der Waals surface area contributed by atoms with E-state index in [1.165, 1.54) is 38.9 Å². The highest BCUT2D eigenvalue weighted by molar-refractivity contribution is 6.12. The molecule has 3 heteroatoms. The summed E-state index contributed by atoms with van der Waals surface area (Å²) in [5.41, 5.74) is 12.6. The fourth-order valence-corrected chi connectivity index (χ4v) is 5.91. The smallest absolute Gasteiger partial charge is 0.149 e. The first kappa shape index (κ1) is 23.4. The molecule has 6 aromatic carbocycles. The van der Waals surface area contributed by atoms with E-state index in [2.05, 4.69) is 138 Å². The van der Waals surface area contributed by atoms with E-state index in [0.717, 1.165) is 33.7 Å². The highest BCUT2D eigenvalue weighted by Gasteiger charge is 2.28. The molecule has 0 saturated heterocycles. The number of para-hydroxylation sites is 1. The van der Waals surface area contributed by atoms with Crippen molar-refractivity contribution in [3.8, 4) is 44.5 Å². The van der Waals surface area contributed by atoms with Gasteiger partial charge in [0.25, 0.3) is 0 Å². The van der Waals surface area contributed by atoms with Gasteiger partial charge >= 0.3 is 0 Å². The van der Waals surface area contributed by atoms with E-state index in [0.29, 0.717) is 0 Å². The van der Waals surface area contributed by atoms with Gasteiger partial charge in [0, 0.05) is 11.3 Å². The fraction of sp³-hybridized carbons (Fsp3) is 0. The summed E-state index contributed by atoms with van der Waals surface area (Å²) in [6.07, 6.45) is 1.68. The van der Waals surface area contributed by atoms with Crippen LogP contribution in [0.5, 0.6) is 0 Å². The van der Waals surface area contributed by atoms with Gasteiger partial charge in [0.2, 0.25) is 0 Å². The van der Waals surface area contributed by atoms with Crippen LogP contribution in [0.4, 0.5) is 17.2 Å². The Hall–Kier alpha value is -5.54. The number of rotatable bonds is 4. The van der Waals surface area contributed by atoms with Gasteiger partial charge in [-0.3, -0.25) is 4.90 Å². The molecule has 0 atom stereocenters. The topological polar surface area (TPSA) is 29.0 Å². The fourth-order valence-electron chi connectivity index (χ4n) is 5.91. The van der Waals surface area contributed by atoms with Gasteiger partial charge < -0.3 is 0 Å². The highest BCUT2D eigenvalue weighted by atomic mass is 15.2. The standard InChI is InChI=1S/C38H25N3/c1-3-9-26(10-4-1)28-15-17-29(18-16-28)30-19-21-32(22-20-30)41-36-14-8-7-13-33(36)34-23-31(27-11-5-2-6-12-27)24-35-37(34)38(41)40-25-39-35/h1-25H. The molecular weight excluding hydrogens is 498 g/mol. The second-order valence-electron chi connectivity index (χ2n) is 10.3. The normalized spacial score (nSPS) is 11.9. The molecule has 0 unspecified atom stereocenters. The van der Waals surface area contributed by atoms with Crippen molar-refractivity contribution in [3.63, 3.8) is 0 Å². The Balaban J connectivity index is 1.21. The Morgan fingerprint density at radius 1 is 0.415 bits per heavy atom. The predicted molar refractivity (Wildman–Crippen MR) is 170 cm³/mol. The first-order chi connectivity index (χ1) is 20.3. The average molecular weight is 524 g/mol. The second-order valence-corrected chi connectivity index (χ2v) is 10.3. The lowest BCUT2D eigenvalue weighted by Gasteiger charge is -2.32. The minimum absolute atomic E-state index is 0.906. The van der Waals surface area contributed by atoms with Crippen LogP contribution in [0.1, 0.15) is 0 Å². The molecule has 0 saturated carbocycles. The second kappa shape index (κ2) is 9.58. The van der Waals surface area contributed by atoms with Gasteiger partial charge in [-0.15, -0.1) is 0 Å². The molecule has 2 heterocycles. The molecule has 1 aliphatic rings. The van der Waals surface area contributed by atoms with Crippen LogP contribution in [0.3, 0.4) is 0 Å². The van der Waals surface area contributed by atoms with Crippen LogP contribution in [0.2, 0.25) is 0 Å². The summed E-state index contributed by atoms with van der Waals surface area (Å²) in [5.74, 6) is 0.906. The first-order valence-corrected chi connectivity index (χ1v) is 13.8. The first-order valence-electron chi connectivity index (χ1n) is 13.8. The Morgan fingerprint density at radius 2 is 0.951 bits per heavy atom. The quantitative estimate of drug-likeness (QED) is 0.230. The van der Waals surface area contributed by atoms with E-state index >= 15 is 0 Å². The number of fused-ring (bicyclic) bond motifs is 2. The van der Waals surface area contributed by atoms with Crippen LogP contribution < -0.4 is 4.90 Å². The maximum atomic E-state index is 4.83. The lowest BCUT2D eigenvalue weighted by molar-refractivity contribution is 1.14. The molecule has 0 spiro atoms. The SMILES string of the molecule is c1ccc(-c2ccc(-c3ccc(N4c5ccccc5-c5cc(-c6ccccc6)cc6ncnc4c56)cc3)cc2)cc1. The summed E-state index contributed by atoms with van der Waals surface area (Å²) < 4.78 is 0. The Kier molecular flexibility index (Phi) is 5.46. The van der Waals surface area contributed by atoms with Gasteiger partial charge in [0.05, 0.1) is 16.6 Å². The average Bonchev–Trinajstić information content (AvgIpc) is 3.06. The largest absolute Gasteiger partial charge is 0.294 e. The van der Waals surface area contributed by atoms with Crippen molar-refractivity contribution < 1.29 is 0 Å². The minimum atomic E-state index is 0.906. The van der Waals surface area contributed by atoms with Crippen molar-refractivity contribution in [1.29, 1.82) is 0 Å². The Bertz CT molecular complexity index is 2010. The third-order valence-corrected chi connectivity index (χ3v) is 7.92. The Labute approximate surface area is 239 Å². The number of benzene rings is 6. The summed E-state index contributed by atoms with van der Waals surface area (Å²) in [6.45, 7) is 0. The maximum absolute atomic E-state index is 4.83. The molecule has 41 heavy (non-hydrogen) atoms. The summed E-state index contributed by atoms with van der Waals surface area (Å²) in [7, 11) is 0. The molecule has 7 aromatic rings. The molecule has 8 rings (SSSR count). The zero-order chi connectivity index (χ0) is 27.2. The van der Waals surface area contributed by atoms with Crippen LogP contribution in [0.25, 0.3) is 55.4 Å². The molecule has 1 aromatic heterocycles. The van der Waals surface area contributed by atoms with Crippen molar-refractivity contribution in [2.45, 2.75) is 0 Å². The van der Waals surface area contributed by atoms with Crippen LogP contribution >= 0.6 is 0 Å². The lowest BCUT2D eigenvalue weighted by atomic mass is 9.91. The van der Waals surface area contributed by atoms with Gasteiger partial charge in [0.15, 0.2) is 0 Å².